The molecule has 0 fully saturated rings. The summed E-state index contributed by atoms with van der Waals surface area (Å²) in [5, 5.41) is 22.9. The number of nitro groups is 1. The van der Waals surface area contributed by atoms with Gasteiger partial charge in [-0.05, 0) is 6.42 Å². The first kappa shape index (κ1) is 10.5. The van der Waals surface area contributed by atoms with Crippen molar-refractivity contribution in [3.8, 4) is 5.88 Å². The lowest BCUT2D eigenvalue weighted by atomic mass is 10.4. The largest absolute Gasteiger partial charge is 0.475 e. The van der Waals surface area contributed by atoms with Crippen LogP contribution in [0.1, 0.15) is 6.42 Å². The van der Waals surface area contributed by atoms with Gasteiger partial charge in [0, 0.05) is 13.2 Å². The molecule has 0 radical (unpaired) electrons. The molecule has 0 spiro atoms. The second-order valence-corrected chi connectivity index (χ2v) is 2.62. The van der Waals surface area contributed by atoms with Crippen molar-refractivity contribution in [2.45, 2.75) is 13.0 Å². The highest BCUT2D eigenvalue weighted by Crippen LogP contribution is 2.23. The summed E-state index contributed by atoms with van der Waals surface area (Å²) in [6.07, 6.45) is 1.79. The minimum atomic E-state index is -0.554. The van der Waals surface area contributed by atoms with Crippen molar-refractivity contribution in [1.82, 2.24) is 9.78 Å². The zero-order valence-electron chi connectivity index (χ0n) is 7.71. The number of aryl methyl sites for hydroxylation is 1. The van der Waals surface area contributed by atoms with Crippen molar-refractivity contribution in [3.05, 3.63) is 16.3 Å². The second-order valence-electron chi connectivity index (χ2n) is 2.62. The van der Waals surface area contributed by atoms with E-state index < -0.39 is 4.92 Å². The highest BCUT2D eigenvalue weighted by atomic mass is 16.6. The summed E-state index contributed by atoms with van der Waals surface area (Å²) in [6.45, 7) is 0.455. The second kappa shape index (κ2) is 4.56. The predicted octanol–water partition coefficient (Wildman–Crippen LogP) is 0.182. The molecule has 0 atom stereocenters. The van der Waals surface area contributed by atoms with Crippen molar-refractivity contribution in [1.29, 1.82) is 0 Å². The Kier molecular flexibility index (Phi) is 3.41. The molecule has 0 aromatic carbocycles. The zero-order chi connectivity index (χ0) is 10.6. The van der Waals surface area contributed by atoms with Crippen LogP contribution in [0.15, 0.2) is 6.20 Å². The summed E-state index contributed by atoms with van der Waals surface area (Å²) in [6, 6.07) is 0. The van der Waals surface area contributed by atoms with Gasteiger partial charge in [0.1, 0.15) is 6.20 Å². The lowest BCUT2D eigenvalue weighted by Crippen LogP contribution is -2.00. The quantitative estimate of drug-likeness (QED) is 0.542. The van der Waals surface area contributed by atoms with Crippen molar-refractivity contribution in [2.24, 2.45) is 0 Å². The molecule has 0 aliphatic heterocycles. The third-order valence-electron chi connectivity index (χ3n) is 1.65. The van der Waals surface area contributed by atoms with Crippen LogP contribution in [0.25, 0.3) is 0 Å². The van der Waals surface area contributed by atoms with Gasteiger partial charge in [-0.1, -0.05) is 0 Å². The van der Waals surface area contributed by atoms with Gasteiger partial charge in [0.2, 0.25) is 0 Å². The van der Waals surface area contributed by atoms with Crippen molar-refractivity contribution in [3.63, 3.8) is 0 Å². The van der Waals surface area contributed by atoms with Gasteiger partial charge in [-0.2, -0.15) is 0 Å². The Morgan fingerprint density at radius 2 is 2.50 bits per heavy atom. The summed E-state index contributed by atoms with van der Waals surface area (Å²) >= 11 is 0. The van der Waals surface area contributed by atoms with Gasteiger partial charge in [-0.25, -0.2) is 0 Å². The van der Waals surface area contributed by atoms with E-state index in [2.05, 4.69) is 5.10 Å². The molecular formula is C7H11N3O4. The predicted molar refractivity (Wildman–Crippen MR) is 47.1 cm³/mol. The van der Waals surface area contributed by atoms with Crippen LogP contribution in [0, 0.1) is 10.1 Å². The van der Waals surface area contributed by atoms with Gasteiger partial charge in [0.15, 0.2) is 0 Å². The van der Waals surface area contributed by atoms with E-state index in [-0.39, 0.29) is 18.2 Å². The summed E-state index contributed by atoms with van der Waals surface area (Å²) in [7, 11) is 1.33. The molecule has 1 aromatic rings. The molecule has 7 heteroatoms. The molecule has 1 N–H and O–H groups in total. The van der Waals surface area contributed by atoms with Crippen LogP contribution in [-0.2, 0) is 6.54 Å². The van der Waals surface area contributed by atoms with Gasteiger partial charge in [-0.3, -0.25) is 14.8 Å². The van der Waals surface area contributed by atoms with Crippen molar-refractivity contribution in [2.75, 3.05) is 13.7 Å². The Bertz CT molecular complexity index is 323. The molecule has 7 nitrogen and oxygen atoms in total. The number of aliphatic hydroxyl groups is 1. The number of aromatic nitrogens is 2. The Hall–Kier alpha value is -1.63. The highest BCUT2D eigenvalue weighted by molar-refractivity contribution is 5.38. The first-order valence-corrected chi connectivity index (χ1v) is 4.05. The van der Waals surface area contributed by atoms with Crippen LogP contribution >= 0.6 is 0 Å². The minimum Gasteiger partial charge on any atom is -0.475 e. The Balaban J connectivity index is 2.83. The number of methoxy groups -OCH3 is 1. The van der Waals surface area contributed by atoms with E-state index >= 15 is 0 Å². The van der Waals surface area contributed by atoms with E-state index in [1.807, 2.05) is 0 Å². The Morgan fingerprint density at radius 1 is 1.79 bits per heavy atom. The van der Waals surface area contributed by atoms with Gasteiger partial charge in [-0.15, -0.1) is 5.10 Å². The maximum atomic E-state index is 10.5. The topological polar surface area (TPSA) is 90.4 Å². The molecule has 78 valence electrons. The smallest absolute Gasteiger partial charge is 0.350 e. The van der Waals surface area contributed by atoms with Gasteiger partial charge < -0.3 is 9.84 Å². The number of hydrogen-bond donors (Lipinski definition) is 1. The van der Waals surface area contributed by atoms with Crippen LogP contribution in [0.3, 0.4) is 0 Å². The van der Waals surface area contributed by atoms with Crippen LogP contribution in [-0.4, -0.2) is 33.5 Å². The average molecular weight is 201 g/mol. The average Bonchev–Trinajstić information content (AvgIpc) is 2.57. The molecule has 1 heterocycles. The van der Waals surface area contributed by atoms with E-state index in [1.165, 1.54) is 18.0 Å². The fraction of sp³-hybridized carbons (Fsp3) is 0.571. The standard InChI is InChI=1S/C7H11N3O4/c1-14-7-6(10(12)13)5-9(8-7)3-2-4-11/h5,11H,2-4H2,1H3. The van der Waals surface area contributed by atoms with Gasteiger partial charge >= 0.3 is 11.6 Å². The van der Waals surface area contributed by atoms with Gasteiger partial charge in [0.25, 0.3) is 0 Å². The molecule has 0 aliphatic rings. The van der Waals surface area contributed by atoms with Crippen LogP contribution in [0.5, 0.6) is 5.88 Å². The summed E-state index contributed by atoms with van der Waals surface area (Å²) < 4.78 is 6.11. The normalized spacial score (nSPS) is 10.1. The molecule has 0 aliphatic carbocycles. The maximum Gasteiger partial charge on any atom is 0.350 e. The third kappa shape index (κ3) is 2.19. The minimum absolute atomic E-state index is 0.00654. The maximum absolute atomic E-state index is 10.5. The highest BCUT2D eigenvalue weighted by Gasteiger charge is 2.19. The Labute approximate surface area is 80.1 Å². The van der Waals surface area contributed by atoms with Gasteiger partial charge in [0.05, 0.1) is 12.0 Å². The van der Waals surface area contributed by atoms with E-state index in [1.54, 1.807) is 0 Å². The first-order chi connectivity index (χ1) is 6.69. The summed E-state index contributed by atoms with van der Waals surface area (Å²) in [5.41, 5.74) is -0.162. The summed E-state index contributed by atoms with van der Waals surface area (Å²) in [4.78, 5) is 9.94. The van der Waals surface area contributed by atoms with E-state index in [0.717, 1.165) is 0 Å². The van der Waals surface area contributed by atoms with Crippen LogP contribution < -0.4 is 4.74 Å². The van der Waals surface area contributed by atoms with Crippen LogP contribution in [0.2, 0.25) is 0 Å². The third-order valence-corrected chi connectivity index (χ3v) is 1.65. The summed E-state index contributed by atoms with van der Waals surface area (Å²) in [5.74, 6) is -0.00654. The molecule has 1 rings (SSSR count). The van der Waals surface area contributed by atoms with Crippen molar-refractivity contribution < 1.29 is 14.8 Å². The fourth-order valence-electron chi connectivity index (χ4n) is 1.01. The number of aliphatic hydroxyl groups excluding tert-OH is 1. The first-order valence-electron chi connectivity index (χ1n) is 4.05. The molecule has 14 heavy (non-hydrogen) atoms. The SMILES string of the molecule is COc1nn(CCCO)cc1[N+](=O)[O-]. The number of hydrogen-bond acceptors (Lipinski definition) is 5. The Morgan fingerprint density at radius 3 is 2.93 bits per heavy atom. The van der Waals surface area contributed by atoms with Crippen LogP contribution in [0.4, 0.5) is 5.69 Å². The number of ether oxygens (including phenoxy) is 1. The lowest BCUT2D eigenvalue weighted by Gasteiger charge is -1.95. The molecule has 0 bridgehead atoms. The van der Waals surface area contributed by atoms with Crippen molar-refractivity contribution >= 4 is 5.69 Å². The molecule has 0 unspecified atom stereocenters. The molecular weight excluding hydrogens is 190 g/mol. The molecule has 0 saturated carbocycles. The monoisotopic (exact) mass is 201 g/mol. The lowest BCUT2D eigenvalue weighted by molar-refractivity contribution is -0.385. The number of nitrogens with zero attached hydrogens (tertiary/aromatic N) is 3. The molecule has 0 saturated heterocycles. The molecule has 0 amide bonds. The van der Waals surface area contributed by atoms with E-state index in [4.69, 9.17) is 9.84 Å². The number of rotatable bonds is 5. The molecule has 1 aromatic heterocycles. The van der Waals surface area contributed by atoms with E-state index in [0.29, 0.717) is 13.0 Å². The zero-order valence-corrected chi connectivity index (χ0v) is 7.71. The fourth-order valence-corrected chi connectivity index (χ4v) is 1.01. The van der Waals surface area contributed by atoms with E-state index in [9.17, 15) is 10.1 Å².